The Morgan fingerprint density at radius 3 is 1.83 bits per heavy atom. The largest absolute Gasteiger partial charge is 0.493 e. The summed E-state index contributed by atoms with van der Waals surface area (Å²) in [4.78, 5) is 0. The Morgan fingerprint density at radius 2 is 1.38 bits per heavy atom. The Bertz CT molecular complexity index is 884. The lowest BCUT2D eigenvalue weighted by atomic mass is 9.68. The molecule has 0 radical (unpaired) electrons. The van der Waals surface area contributed by atoms with Crippen molar-refractivity contribution >= 4 is 16.4 Å². The summed E-state index contributed by atoms with van der Waals surface area (Å²) in [5.41, 5.74) is 3.30. The van der Waals surface area contributed by atoms with Crippen LogP contribution in [0.2, 0.25) is 39.3 Å². The van der Waals surface area contributed by atoms with Gasteiger partial charge in [0, 0.05) is 11.1 Å². The van der Waals surface area contributed by atoms with Gasteiger partial charge in [-0.25, -0.2) is 0 Å². The molecule has 1 aliphatic rings. The zero-order valence-electron chi connectivity index (χ0n) is 19.2. The Hall–Kier alpha value is -1.77. The van der Waals surface area contributed by atoms with E-state index in [2.05, 4.69) is 75.7 Å². The van der Waals surface area contributed by atoms with Gasteiger partial charge >= 0.3 is 0 Å². The lowest BCUT2D eigenvalue weighted by Crippen LogP contribution is -2.59. The average Bonchev–Trinajstić information content (AvgIpc) is 2.63. The summed E-state index contributed by atoms with van der Waals surface area (Å²) in [6.45, 7) is 14.0. The van der Waals surface area contributed by atoms with Gasteiger partial charge in [-0.1, -0.05) is 50.0 Å². The summed E-state index contributed by atoms with van der Waals surface area (Å²) >= 11 is 0. The second-order valence-corrected chi connectivity index (χ2v) is 19.5. The van der Waals surface area contributed by atoms with E-state index < -0.39 is 22.0 Å². The molecule has 1 aliphatic carbocycles. The molecular formula is C23H34O4Si2. The molecule has 29 heavy (non-hydrogen) atoms. The minimum Gasteiger partial charge on any atom is -0.493 e. The molecule has 6 heteroatoms. The lowest BCUT2D eigenvalue weighted by Gasteiger charge is -2.58. The van der Waals surface area contributed by atoms with Crippen molar-refractivity contribution in [3.05, 3.63) is 53.1 Å². The van der Waals surface area contributed by atoms with Crippen LogP contribution in [0.25, 0.3) is 0 Å². The molecule has 0 aliphatic heterocycles. The zero-order chi connectivity index (χ0) is 21.6. The van der Waals surface area contributed by atoms with Crippen LogP contribution >= 0.6 is 0 Å². The minimum atomic E-state index is -1.92. The summed E-state index contributed by atoms with van der Waals surface area (Å²) in [6.07, 6.45) is 0. The van der Waals surface area contributed by atoms with Crippen molar-refractivity contribution in [2.75, 3.05) is 21.3 Å². The average molecular weight is 431 g/mol. The highest BCUT2D eigenvalue weighted by atomic mass is 28.4. The topological polar surface area (TPSA) is 36.9 Å². The number of fused-ring (bicyclic) bond motifs is 1. The van der Waals surface area contributed by atoms with Gasteiger partial charge in [0.2, 0.25) is 5.75 Å². The van der Waals surface area contributed by atoms with E-state index in [1.807, 2.05) is 0 Å². The van der Waals surface area contributed by atoms with Gasteiger partial charge in [-0.05, 0) is 36.8 Å². The van der Waals surface area contributed by atoms with Crippen molar-refractivity contribution in [2.24, 2.45) is 0 Å². The first-order valence-electron chi connectivity index (χ1n) is 10.1. The molecule has 0 fully saturated rings. The third kappa shape index (κ3) is 3.51. The van der Waals surface area contributed by atoms with Gasteiger partial charge in [-0.2, -0.15) is 0 Å². The first-order valence-corrected chi connectivity index (χ1v) is 17.1. The van der Waals surface area contributed by atoms with E-state index in [1.165, 1.54) is 11.1 Å². The molecule has 0 amide bonds. The summed E-state index contributed by atoms with van der Waals surface area (Å²) in [7, 11) is 1.41. The van der Waals surface area contributed by atoms with Crippen molar-refractivity contribution in [1.82, 2.24) is 0 Å². The molecular weight excluding hydrogens is 396 g/mol. The molecule has 4 nitrogen and oxygen atoms in total. The van der Waals surface area contributed by atoms with Crippen LogP contribution in [0.1, 0.15) is 22.2 Å². The molecule has 0 spiro atoms. The van der Waals surface area contributed by atoms with Crippen molar-refractivity contribution in [2.45, 2.75) is 50.4 Å². The van der Waals surface area contributed by atoms with Crippen molar-refractivity contribution in [3.63, 3.8) is 0 Å². The van der Waals surface area contributed by atoms with E-state index in [1.54, 1.807) is 21.3 Å². The van der Waals surface area contributed by atoms with Crippen LogP contribution in [-0.4, -0.2) is 37.7 Å². The zero-order valence-corrected chi connectivity index (χ0v) is 21.2. The molecule has 0 saturated carbocycles. The fourth-order valence-electron chi connectivity index (χ4n) is 4.80. The van der Waals surface area contributed by atoms with Crippen LogP contribution in [0.3, 0.4) is 0 Å². The second-order valence-electron chi connectivity index (χ2n) is 9.72. The van der Waals surface area contributed by atoms with Gasteiger partial charge in [0.15, 0.2) is 19.8 Å². The number of methoxy groups -OCH3 is 3. The fraction of sp³-hybridized carbons (Fsp3) is 0.478. The quantitative estimate of drug-likeness (QED) is 0.522. The number of rotatable bonds is 7. The van der Waals surface area contributed by atoms with Crippen LogP contribution in [0.4, 0.5) is 0 Å². The van der Waals surface area contributed by atoms with E-state index in [4.69, 9.17) is 18.6 Å². The second kappa shape index (κ2) is 7.49. The molecule has 2 atom stereocenters. The third-order valence-corrected chi connectivity index (χ3v) is 8.87. The molecule has 0 unspecified atom stereocenters. The highest BCUT2D eigenvalue weighted by molar-refractivity contribution is 6.78. The Balaban J connectivity index is 2.44. The molecule has 2 aromatic carbocycles. The van der Waals surface area contributed by atoms with Crippen LogP contribution in [0, 0.1) is 0 Å². The van der Waals surface area contributed by atoms with E-state index in [-0.39, 0.29) is 5.54 Å². The summed E-state index contributed by atoms with van der Waals surface area (Å²) in [5, 5.41) is 0. The van der Waals surface area contributed by atoms with Crippen molar-refractivity contribution in [3.8, 4) is 17.2 Å². The van der Waals surface area contributed by atoms with Crippen LogP contribution in [-0.2, 0) is 10.0 Å². The van der Waals surface area contributed by atoms with Crippen molar-refractivity contribution < 1.29 is 18.6 Å². The maximum Gasteiger partial charge on any atom is 0.203 e. The van der Waals surface area contributed by atoms with Gasteiger partial charge in [0.1, 0.15) is 5.60 Å². The van der Waals surface area contributed by atoms with Gasteiger partial charge in [0.25, 0.3) is 0 Å². The van der Waals surface area contributed by atoms with Gasteiger partial charge in [-0.15, -0.1) is 0 Å². The highest BCUT2D eigenvalue weighted by Crippen LogP contribution is 2.66. The number of ether oxygens (including phenoxy) is 3. The van der Waals surface area contributed by atoms with E-state index in [0.717, 1.165) is 11.3 Å². The highest BCUT2D eigenvalue weighted by Gasteiger charge is 2.62. The van der Waals surface area contributed by atoms with E-state index >= 15 is 0 Å². The summed E-state index contributed by atoms with van der Waals surface area (Å²) < 4.78 is 24.5. The summed E-state index contributed by atoms with van der Waals surface area (Å²) in [6, 6.07) is 12.8. The molecule has 0 heterocycles. The molecule has 0 aromatic heterocycles. The van der Waals surface area contributed by atoms with Crippen LogP contribution < -0.4 is 14.2 Å². The summed E-state index contributed by atoms with van der Waals surface area (Å²) in [5.74, 6) is 2.06. The third-order valence-electron chi connectivity index (χ3n) is 5.49. The number of benzene rings is 2. The first-order chi connectivity index (χ1) is 13.5. The molecule has 2 aromatic rings. The first kappa shape index (κ1) is 21.9. The van der Waals surface area contributed by atoms with Crippen molar-refractivity contribution in [1.29, 1.82) is 0 Å². The molecule has 158 valence electrons. The monoisotopic (exact) mass is 430 g/mol. The normalized spacial score (nSPS) is 21.2. The standard InChI is InChI=1S/C23H34O4Si2/c1-24-18-15-17-19(21(26-3)20(18)25-2)23(27-29(7,8)9,22(17)28(4,5)6)16-13-11-10-12-14-16/h10-15,22H,1-9H3/t22-,23-/m1/s1. The predicted molar refractivity (Wildman–Crippen MR) is 124 cm³/mol. The maximum atomic E-state index is 7.13. The molecule has 3 rings (SSSR count). The Morgan fingerprint density at radius 1 is 0.793 bits per heavy atom. The van der Waals surface area contributed by atoms with Crippen LogP contribution in [0.5, 0.6) is 17.2 Å². The van der Waals surface area contributed by atoms with E-state index in [9.17, 15) is 0 Å². The number of hydrogen-bond acceptors (Lipinski definition) is 4. The smallest absolute Gasteiger partial charge is 0.203 e. The fourth-order valence-corrected chi connectivity index (χ4v) is 8.97. The molecule has 0 bridgehead atoms. The number of hydrogen-bond donors (Lipinski definition) is 0. The van der Waals surface area contributed by atoms with Crippen LogP contribution in [0.15, 0.2) is 36.4 Å². The van der Waals surface area contributed by atoms with Gasteiger partial charge in [-0.3, -0.25) is 0 Å². The predicted octanol–water partition coefficient (Wildman–Crippen LogP) is 5.78. The molecule has 0 N–H and O–H groups in total. The van der Waals surface area contributed by atoms with Gasteiger partial charge in [0.05, 0.1) is 29.4 Å². The SMILES string of the molecule is COc1cc2c(c(OC)c1OC)[C@](O[Si](C)(C)C)(c1ccccc1)[C@@H]2[Si](C)(C)C. The minimum absolute atomic E-state index is 0.285. The Labute approximate surface area is 177 Å². The molecule has 0 saturated heterocycles. The Kier molecular flexibility index (Phi) is 5.66. The maximum absolute atomic E-state index is 7.13. The lowest BCUT2D eigenvalue weighted by molar-refractivity contribution is 0.0616. The van der Waals surface area contributed by atoms with Gasteiger partial charge < -0.3 is 18.6 Å². The van der Waals surface area contributed by atoms with E-state index in [0.29, 0.717) is 11.5 Å².